The molecule has 1 aromatic heterocycles. The van der Waals surface area contributed by atoms with Gasteiger partial charge in [0.05, 0.1) is 6.33 Å². The molecule has 4 heteroatoms. The van der Waals surface area contributed by atoms with Crippen molar-refractivity contribution >= 4 is 27.5 Å². The highest BCUT2D eigenvalue weighted by atomic mass is 79.9. The van der Waals surface area contributed by atoms with Gasteiger partial charge in [0.25, 0.3) is 0 Å². The minimum Gasteiger partial charge on any atom is -0.337 e. The van der Waals surface area contributed by atoms with E-state index in [1.807, 2.05) is 36.9 Å². The first-order valence-corrected chi connectivity index (χ1v) is 8.34. The molecular formula is C18H16BrClN2. The van der Waals surface area contributed by atoms with Crippen molar-refractivity contribution in [2.24, 2.45) is 0 Å². The van der Waals surface area contributed by atoms with Gasteiger partial charge < -0.3 is 4.57 Å². The van der Waals surface area contributed by atoms with E-state index in [2.05, 4.69) is 55.8 Å². The molecule has 0 saturated heterocycles. The van der Waals surface area contributed by atoms with Gasteiger partial charge in [-0.2, -0.15) is 0 Å². The second kappa shape index (κ2) is 7.12. The standard InChI is InChI=1S/C18H16BrClN2/c19-18-4-2-1-3-17(18)15(12-22-10-9-21-13-22)11-14-5-7-16(20)8-6-14/h1-10,13,15H,11-12H2. The summed E-state index contributed by atoms with van der Waals surface area (Å²) in [6.45, 7) is 0.894. The average molecular weight is 376 g/mol. The van der Waals surface area contributed by atoms with Crippen LogP contribution in [0.15, 0.2) is 71.7 Å². The van der Waals surface area contributed by atoms with Gasteiger partial charge in [-0.1, -0.05) is 57.9 Å². The lowest BCUT2D eigenvalue weighted by Gasteiger charge is -2.19. The van der Waals surface area contributed by atoms with Gasteiger partial charge in [0.1, 0.15) is 0 Å². The molecule has 0 N–H and O–H groups in total. The summed E-state index contributed by atoms with van der Waals surface area (Å²) in [6, 6.07) is 16.5. The third-order valence-electron chi connectivity index (χ3n) is 3.73. The van der Waals surface area contributed by atoms with E-state index in [0.717, 1.165) is 22.5 Å². The quantitative estimate of drug-likeness (QED) is 0.589. The summed E-state index contributed by atoms with van der Waals surface area (Å²) in [4.78, 5) is 4.14. The van der Waals surface area contributed by atoms with Crippen LogP contribution in [-0.2, 0) is 13.0 Å². The molecule has 1 heterocycles. The van der Waals surface area contributed by atoms with Gasteiger partial charge in [-0.05, 0) is 35.7 Å². The maximum absolute atomic E-state index is 5.99. The molecule has 0 bridgehead atoms. The van der Waals surface area contributed by atoms with Crippen LogP contribution in [0.4, 0.5) is 0 Å². The SMILES string of the molecule is Clc1ccc(CC(Cn2ccnc2)c2ccccc2Br)cc1. The largest absolute Gasteiger partial charge is 0.337 e. The molecule has 0 spiro atoms. The third-order valence-corrected chi connectivity index (χ3v) is 4.70. The molecule has 112 valence electrons. The van der Waals surface area contributed by atoms with Crippen molar-refractivity contribution < 1.29 is 0 Å². The molecule has 3 rings (SSSR count). The Kier molecular flexibility index (Phi) is 4.96. The Morgan fingerprint density at radius 3 is 2.55 bits per heavy atom. The Morgan fingerprint density at radius 1 is 1.09 bits per heavy atom. The molecule has 3 aromatic rings. The van der Waals surface area contributed by atoms with Crippen molar-refractivity contribution in [1.82, 2.24) is 9.55 Å². The van der Waals surface area contributed by atoms with Crippen LogP contribution in [0.3, 0.4) is 0 Å². The first kappa shape index (κ1) is 15.3. The molecule has 22 heavy (non-hydrogen) atoms. The van der Waals surface area contributed by atoms with Crippen LogP contribution in [0, 0.1) is 0 Å². The average Bonchev–Trinajstić information content (AvgIpc) is 3.02. The van der Waals surface area contributed by atoms with Crippen molar-refractivity contribution in [3.8, 4) is 0 Å². The molecule has 1 atom stereocenters. The second-order valence-corrected chi connectivity index (χ2v) is 6.60. The highest BCUT2D eigenvalue weighted by Gasteiger charge is 2.16. The summed E-state index contributed by atoms with van der Waals surface area (Å²) in [5.74, 6) is 0.367. The summed E-state index contributed by atoms with van der Waals surface area (Å²) in [5, 5.41) is 0.774. The van der Waals surface area contributed by atoms with E-state index in [1.165, 1.54) is 11.1 Å². The molecule has 0 aliphatic rings. The molecular weight excluding hydrogens is 360 g/mol. The molecule has 0 aliphatic heterocycles. The second-order valence-electron chi connectivity index (χ2n) is 5.31. The predicted octanol–water partition coefficient (Wildman–Crippen LogP) is 5.33. The minimum atomic E-state index is 0.367. The van der Waals surface area contributed by atoms with Gasteiger partial charge in [0, 0.05) is 34.4 Å². The van der Waals surface area contributed by atoms with Crippen LogP contribution < -0.4 is 0 Å². The van der Waals surface area contributed by atoms with Gasteiger partial charge >= 0.3 is 0 Å². The summed E-state index contributed by atoms with van der Waals surface area (Å²) >= 11 is 9.67. The van der Waals surface area contributed by atoms with Gasteiger partial charge in [-0.25, -0.2) is 4.98 Å². The number of aromatic nitrogens is 2. The van der Waals surface area contributed by atoms with Gasteiger partial charge in [-0.15, -0.1) is 0 Å². The number of hydrogen-bond donors (Lipinski definition) is 0. The Bertz CT molecular complexity index is 723. The zero-order chi connectivity index (χ0) is 15.4. The maximum Gasteiger partial charge on any atom is 0.0946 e. The van der Waals surface area contributed by atoms with Crippen LogP contribution >= 0.6 is 27.5 Å². The number of imidazole rings is 1. The summed E-state index contributed by atoms with van der Waals surface area (Å²) in [5.41, 5.74) is 2.59. The summed E-state index contributed by atoms with van der Waals surface area (Å²) in [7, 11) is 0. The Labute approximate surface area is 143 Å². The molecule has 0 aliphatic carbocycles. The van der Waals surface area contributed by atoms with E-state index in [0.29, 0.717) is 5.92 Å². The smallest absolute Gasteiger partial charge is 0.0946 e. The first-order chi connectivity index (χ1) is 10.7. The number of halogens is 2. The van der Waals surface area contributed by atoms with Gasteiger partial charge in [0.2, 0.25) is 0 Å². The topological polar surface area (TPSA) is 17.8 Å². The van der Waals surface area contributed by atoms with E-state index >= 15 is 0 Å². The van der Waals surface area contributed by atoms with Crippen molar-refractivity contribution in [3.05, 3.63) is 87.9 Å². The zero-order valence-electron chi connectivity index (χ0n) is 12.0. The molecule has 1 unspecified atom stereocenters. The molecule has 2 nitrogen and oxygen atoms in total. The van der Waals surface area contributed by atoms with Crippen molar-refractivity contribution in [2.75, 3.05) is 0 Å². The van der Waals surface area contributed by atoms with Gasteiger partial charge in [0.15, 0.2) is 0 Å². The van der Waals surface area contributed by atoms with E-state index in [-0.39, 0.29) is 0 Å². The fourth-order valence-electron chi connectivity index (χ4n) is 2.63. The van der Waals surface area contributed by atoms with Crippen LogP contribution in [0.5, 0.6) is 0 Å². The van der Waals surface area contributed by atoms with E-state index < -0.39 is 0 Å². The lowest BCUT2D eigenvalue weighted by molar-refractivity contribution is 0.554. The highest BCUT2D eigenvalue weighted by Crippen LogP contribution is 2.29. The number of benzene rings is 2. The van der Waals surface area contributed by atoms with E-state index in [4.69, 9.17) is 11.6 Å². The number of nitrogens with zero attached hydrogens (tertiary/aromatic N) is 2. The van der Waals surface area contributed by atoms with Crippen LogP contribution in [0.1, 0.15) is 17.0 Å². The highest BCUT2D eigenvalue weighted by molar-refractivity contribution is 9.10. The number of rotatable bonds is 5. The van der Waals surface area contributed by atoms with Crippen molar-refractivity contribution in [2.45, 2.75) is 18.9 Å². The lowest BCUT2D eigenvalue weighted by Crippen LogP contribution is -2.11. The zero-order valence-corrected chi connectivity index (χ0v) is 14.3. The van der Waals surface area contributed by atoms with Crippen LogP contribution in [0.25, 0.3) is 0 Å². The summed E-state index contributed by atoms with van der Waals surface area (Å²) in [6.07, 6.45) is 6.65. The Balaban J connectivity index is 1.88. The fourth-order valence-corrected chi connectivity index (χ4v) is 3.37. The van der Waals surface area contributed by atoms with Gasteiger partial charge in [-0.3, -0.25) is 0 Å². The molecule has 2 aromatic carbocycles. The molecule has 0 radical (unpaired) electrons. The van der Waals surface area contributed by atoms with Crippen molar-refractivity contribution in [1.29, 1.82) is 0 Å². The monoisotopic (exact) mass is 374 g/mol. The number of hydrogen-bond acceptors (Lipinski definition) is 1. The van der Waals surface area contributed by atoms with E-state index in [9.17, 15) is 0 Å². The molecule has 0 saturated carbocycles. The normalized spacial score (nSPS) is 12.3. The van der Waals surface area contributed by atoms with E-state index in [1.54, 1.807) is 0 Å². The Hall–Kier alpha value is -1.58. The van der Waals surface area contributed by atoms with Crippen LogP contribution in [-0.4, -0.2) is 9.55 Å². The maximum atomic E-state index is 5.99. The van der Waals surface area contributed by atoms with Crippen LogP contribution in [0.2, 0.25) is 5.02 Å². The predicted molar refractivity (Wildman–Crippen MR) is 94.3 cm³/mol. The fraction of sp³-hybridized carbons (Fsp3) is 0.167. The molecule has 0 fully saturated rings. The summed E-state index contributed by atoms with van der Waals surface area (Å²) < 4.78 is 3.27. The lowest BCUT2D eigenvalue weighted by atomic mass is 9.92. The first-order valence-electron chi connectivity index (χ1n) is 7.17. The minimum absolute atomic E-state index is 0.367. The third kappa shape index (κ3) is 3.79. The van der Waals surface area contributed by atoms with Crippen molar-refractivity contribution in [3.63, 3.8) is 0 Å². The molecule has 0 amide bonds. The Morgan fingerprint density at radius 2 is 1.86 bits per heavy atom.